The number of carbonyl (C=O) groups is 1. The predicted molar refractivity (Wildman–Crippen MR) is 70.5 cm³/mol. The van der Waals surface area contributed by atoms with Crippen LogP contribution in [-0.4, -0.2) is 30.9 Å². The van der Waals surface area contributed by atoms with Gasteiger partial charge in [0.1, 0.15) is 0 Å². The second-order valence-electron chi connectivity index (χ2n) is 4.08. The van der Waals surface area contributed by atoms with Gasteiger partial charge < -0.3 is 11.1 Å². The zero-order valence-electron chi connectivity index (χ0n) is 10.6. The molecule has 17 heavy (non-hydrogen) atoms. The highest BCUT2D eigenvalue weighted by molar-refractivity contribution is 5.77. The number of anilines is 1. The first kappa shape index (κ1) is 13.5. The Balaban J connectivity index is 2.66. The second-order valence-corrected chi connectivity index (χ2v) is 4.08. The second kappa shape index (κ2) is 6.91. The molecule has 4 heteroatoms. The lowest BCUT2D eigenvalue weighted by Crippen LogP contribution is -2.35. The van der Waals surface area contributed by atoms with Gasteiger partial charge in [-0.05, 0) is 24.6 Å². The minimum Gasteiger partial charge on any atom is -0.398 e. The van der Waals surface area contributed by atoms with Crippen molar-refractivity contribution in [2.75, 3.05) is 25.9 Å². The fraction of sp³-hybridized carbons (Fsp3) is 0.462. The van der Waals surface area contributed by atoms with Crippen molar-refractivity contribution in [1.82, 2.24) is 10.2 Å². The molecule has 94 valence electrons. The number of nitrogens with one attached hydrogen (secondary N) is 1. The van der Waals surface area contributed by atoms with E-state index in [1.54, 1.807) is 7.05 Å². The molecule has 0 radical (unpaired) electrons. The van der Waals surface area contributed by atoms with Gasteiger partial charge >= 0.3 is 0 Å². The van der Waals surface area contributed by atoms with Crippen LogP contribution >= 0.6 is 0 Å². The van der Waals surface area contributed by atoms with Crippen LogP contribution in [0.1, 0.15) is 18.9 Å². The number of nitrogen functional groups attached to an aromatic ring is 1. The van der Waals surface area contributed by atoms with Crippen LogP contribution in [0.5, 0.6) is 0 Å². The summed E-state index contributed by atoms with van der Waals surface area (Å²) < 4.78 is 0. The van der Waals surface area contributed by atoms with Gasteiger partial charge in [-0.3, -0.25) is 9.69 Å². The third-order valence-corrected chi connectivity index (χ3v) is 2.63. The normalized spacial score (nSPS) is 10.5. The van der Waals surface area contributed by atoms with E-state index in [4.69, 9.17) is 5.73 Å². The lowest BCUT2D eigenvalue weighted by atomic mass is 10.1. The van der Waals surface area contributed by atoms with Gasteiger partial charge in [-0.25, -0.2) is 0 Å². The Hall–Kier alpha value is -1.55. The Morgan fingerprint density at radius 3 is 2.71 bits per heavy atom. The number of nitrogens with two attached hydrogens (primary N) is 1. The maximum atomic E-state index is 11.4. The Labute approximate surface area is 103 Å². The topological polar surface area (TPSA) is 58.4 Å². The smallest absolute Gasteiger partial charge is 0.233 e. The molecule has 0 fully saturated rings. The number of hydrogen-bond donors (Lipinski definition) is 2. The summed E-state index contributed by atoms with van der Waals surface area (Å²) >= 11 is 0. The molecule has 1 aromatic carbocycles. The lowest BCUT2D eigenvalue weighted by molar-refractivity contribution is -0.121. The van der Waals surface area contributed by atoms with Crippen molar-refractivity contribution in [3.8, 4) is 0 Å². The molecule has 0 saturated heterocycles. The van der Waals surface area contributed by atoms with Crippen molar-refractivity contribution in [2.45, 2.75) is 19.9 Å². The van der Waals surface area contributed by atoms with Gasteiger partial charge in [0.2, 0.25) is 5.91 Å². The van der Waals surface area contributed by atoms with Gasteiger partial charge in [0.15, 0.2) is 0 Å². The molecule has 0 aliphatic rings. The maximum Gasteiger partial charge on any atom is 0.233 e. The van der Waals surface area contributed by atoms with Crippen molar-refractivity contribution in [2.24, 2.45) is 0 Å². The van der Waals surface area contributed by atoms with E-state index in [2.05, 4.69) is 17.1 Å². The molecule has 3 N–H and O–H groups in total. The average molecular weight is 235 g/mol. The molecule has 1 amide bonds. The molecule has 1 rings (SSSR count). The summed E-state index contributed by atoms with van der Waals surface area (Å²) in [5.74, 6) is 0.0351. The van der Waals surface area contributed by atoms with E-state index in [1.165, 1.54) is 0 Å². The van der Waals surface area contributed by atoms with E-state index in [9.17, 15) is 4.79 Å². The molecule has 0 unspecified atom stereocenters. The van der Waals surface area contributed by atoms with E-state index < -0.39 is 0 Å². The van der Waals surface area contributed by atoms with Crippen LogP contribution in [0.2, 0.25) is 0 Å². The third kappa shape index (κ3) is 4.44. The van der Waals surface area contributed by atoms with E-state index in [0.717, 1.165) is 24.2 Å². The average Bonchev–Trinajstić information content (AvgIpc) is 2.32. The number of amides is 1. The van der Waals surface area contributed by atoms with Crippen LogP contribution < -0.4 is 11.1 Å². The number of para-hydroxylation sites is 1. The summed E-state index contributed by atoms with van der Waals surface area (Å²) in [6, 6.07) is 7.78. The van der Waals surface area contributed by atoms with Gasteiger partial charge in [0, 0.05) is 19.3 Å². The Morgan fingerprint density at radius 2 is 2.12 bits per heavy atom. The Morgan fingerprint density at radius 1 is 1.41 bits per heavy atom. The van der Waals surface area contributed by atoms with Gasteiger partial charge in [0.25, 0.3) is 0 Å². The van der Waals surface area contributed by atoms with Crippen molar-refractivity contribution >= 4 is 11.6 Å². The number of likely N-dealkylation sites (N-methyl/N-ethyl adjacent to an activating group) is 1. The van der Waals surface area contributed by atoms with Crippen LogP contribution in [-0.2, 0) is 11.3 Å². The molecule has 0 spiro atoms. The predicted octanol–water partition coefficient (Wildman–Crippen LogP) is 1.23. The Kier molecular flexibility index (Phi) is 5.49. The summed E-state index contributed by atoms with van der Waals surface area (Å²) in [5.41, 5.74) is 7.76. The first-order valence-corrected chi connectivity index (χ1v) is 5.93. The molecule has 0 heterocycles. The summed E-state index contributed by atoms with van der Waals surface area (Å²) in [6.07, 6.45) is 1.02. The SMILES string of the molecule is CCCN(CC(=O)NC)Cc1ccccc1N. The number of nitrogens with zero attached hydrogens (tertiary/aromatic N) is 1. The van der Waals surface area contributed by atoms with Crippen molar-refractivity contribution in [1.29, 1.82) is 0 Å². The lowest BCUT2D eigenvalue weighted by Gasteiger charge is -2.21. The largest absolute Gasteiger partial charge is 0.398 e. The zero-order valence-corrected chi connectivity index (χ0v) is 10.6. The number of carbonyl (C=O) groups excluding carboxylic acids is 1. The van der Waals surface area contributed by atoms with Crippen LogP contribution in [0.15, 0.2) is 24.3 Å². The van der Waals surface area contributed by atoms with Gasteiger partial charge in [-0.15, -0.1) is 0 Å². The summed E-state index contributed by atoms with van der Waals surface area (Å²) in [4.78, 5) is 13.5. The summed E-state index contributed by atoms with van der Waals surface area (Å²) in [7, 11) is 1.66. The molecule has 0 bridgehead atoms. The number of benzene rings is 1. The Bertz CT molecular complexity index is 365. The summed E-state index contributed by atoms with van der Waals surface area (Å²) in [6.45, 7) is 4.12. The molecule has 4 nitrogen and oxygen atoms in total. The van der Waals surface area contributed by atoms with E-state index in [1.807, 2.05) is 24.3 Å². The first-order chi connectivity index (χ1) is 8.17. The molecule has 1 aromatic rings. The minimum absolute atomic E-state index is 0.0351. The highest BCUT2D eigenvalue weighted by Gasteiger charge is 2.10. The van der Waals surface area contributed by atoms with Crippen LogP contribution in [0.4, 0.5) is 5.69 Å². The van der Waals surface area contributed by atoms with Crippen LogP contribution in [0, 0.1) is 0 Å². The fourth-order valence-corrected chi connectivity index (χ4v) is 1.73. The van der Waals surface area contributed by atoms with Gasteiger partial charge in [-0.1, -0.05) is 25.1 Å². The first-order valence-electron chi connectivity index (χ1n) is 5.93. The molecule has 0 atom stereocenters. The number of rotatable bonds is 6. The van der Waals surface area contributed by atoms with E-state index in [0.29, 0.717) is 13.1 Å². The third-order valence-electron chi connectivity index (χ3n) is 2.63. The monoisotopic (exact) mass is 235 g/mol. The highest BCUT2D eigenvalue weighted by atomic mass is 16.1. The van der Waals surface area contributed by atoms with Crippen LogP contribution in [0.3, 0.4) is 0 Å². The zero-order chi connectivity index (χ0) is 12.7. The van der Waals surface area contributed by atoms with Crippen molar-refractivity contribution in [3.63, 3.8) is 0 Å². The summed E-state index contributed by atoms with van der Waals surface area (Å²) in [5, 5.41) is 2.64. The molecule has 0 aromatic heterocycles. The standard InChI is InChI=1S/C13H21N3O/c1-3-8-16(10-13(17)15-2)9-11-6-4-5-7-12(11)14/h4-7H,3,8-10,14H2,1-2H3,(H,15,17). The van der Waals surface area contributed by atoms with E-state index in [-0.39, 0.29) is 5.91 Å². The molecule has 0 saturated carbocycles. The number of hydrogen-bond acceptors (Lipinski definition) is 3. The van der Waals surface area contributed by atoms with E-state index >= 15 is 0 Å². The van der Waals surface area contributed by atoms with Crippen molar-refractivity contribution in [3.05, 3.63) is 29.8 Å². The highest BCUT2D eigenvalue weighted by Crippen LogP contribution is 2.13. The molecule has 0 aliphatic carbocycles. The molecular weight excluding hydrogens is 214 g/mol. The van der Waals surface area contributed by atoms with Crippen LogP contribution in [0.25, 0.3) is 0 Å². The van der Waals surface area contributed by atoms with Gasteiger partial charge in [0.05, 0.1) is 6.54 Å². The minimum atomic E-state index is 0.0351. The quantitative estimate of drug-likeness (QED) is 0.729. The molecule has 0 aliphatic heterocycles. The fourth-order valence-electron chi connectivity index (χ4n) is 1.73. The van der Waals surface area contributed by atoms with Crippen molar-refractivity contribution < 1.29 is 4.79 Å². The maximum absolute atomic E-state index is 11.4. The molecular formula is C13H21N3O. The van der Waals surface area contributed by atoms with Gasteiger partial charge in [-0.2, -0.15) is 0 Å².